The molecule has 14 heavy (non-hydrogen) atoms. The largest absolute Gasteiger partial charge is 0.417 e. The van der Waals surface area contributed by atoms with Crippen molar-refractivity contribution in [2.24, 2.45) is 0 Å². The molecule has 0 spiro atoms. The van der Waals surface area contributed by atoms with E-state index in [2.05, 4.69) is 4.98 Å². The van der Waals surface area contributed by atoms with Crippen LogP contribution in [0, 0.1) is 13.8 Å². The highest BCUT2D eigenvalue weighted by Crippen LogP contribution is 2.34. The minimum absolute atomic E-state index is 0.371. The molecule has 0 aliphatic carbocycles. The Labute approximate surface area is 89.6 Å². The van der Waals surface area contributed by atoms with Crippen molar-refractivity contribution in [3.05, 3.63) is 31.7 Å². The number of nitrogens with one attached hydrogen (secondary N) is 1. The van der Waals surface area contributed by atoms with E-state index in [-0.39, 0.29) is 0 Å². The molecule has 1 aromatic heterocycles. The van der Waals surface area contributed by atoms with E-state index in [1.807, 2.05) is 0 Å². The number of aryl methyl sites for hydroxylation is 1. The standard InChI is InChI=1S/C9H7Cl2NO2/c1-3-5(10)4(2)7-8(6(3)11)14-9(13)12-7/h1-2H3,(H,12,13). The SMILES string of the molecule is Cc1c(Cl)c(C)c2[nH]c(=O)oc2c1Cl. The Kier molecular flexibility index (Phi) is 2.09. The summed E-state index contributed by atoms with van der Waals surface area (Å²) < 4.78 is 4.91. The van der Waals surface area contributed by atoms with Crippen molar-refractivity contribution in [2.45, 2.75) is 13.8 Å². The zero-order valence-electron chi connectivity index (χ0n) is 7.57. The van der Waals surface area contributed by atoms with Gasteiger partial charge < -0.3 is 4.42 Å². The summed E-state index contributed by atoms with van der Waals surface area (Å²) in [4.78, 5) is 13.5. The van der Waals surface area contributed by atoms with Gasteiger partial charge in [0.25, 0.3) is 0 Å². The van der Waals surface area contributed by atoms with Gasteiger partial charge in [0.05, 0.1) is 15.6 Å². The van der Waals surface area contributed by atoms with Gasteiger partial charge in [-0.2, -0.15) is 0 Å². The van der Waals surface area contributed by atoms with Gasteiger partial charge in [-0.15, -0.1) is 0 Å². The van der Waals surface area contributed by atoms with E-state index in [1.165, 1.54) is 0 Å². The van der Waals surface area contributed by atoms with E-state index >= 15 is 0 Å². The topological polar surface area (TPSA) is 46.0 Å². The fourth-order valence-electron chi connectivity index (χ4n) is 1.40. The average Bonchev–Trinajstić information content (AvgIpc) is 2.54. The van der Waals surface area contributed by atoms with Crippen LogP contribution in [0.5, 0.6) is 0 Å². The molecule has 5 heteroatoms. The Hall–Kier alpha value is -0.930. The number of halogens is 2. The van der Waals surface area contributed by atoms with Crippen molar-refractivity contribution in [3.63, 3.8) is 0 Å². The first kappa shape index (κ1) is 9.62. The summed E-state index contributed by atoms with van der Waals surface area (Å²) in [5.41, 5.74) is 2.43. The van der Waals surface area contributed by atoms with E-state index in [0.717, 1.165) is 11.1 Å². The molecule has 1 heterocycles. The fraction of sp³-hybridized carbons (Fsp3) is 0.222. The third-order valence-corrected chi connectivity index (χ3v) is 3.23. The third-order valence-electron chi connectivity index (χ3n) is 2.21. The van der Waals surface area contributed by atoms with Crippen LogP contribution in [0.2, 0.25) is 10.0 Å². The van der Waals surface area contributed by atoms with Gasteiger partial charge in [-0.05, 0) is 25.0 Å². The molecule has 2 rings (SSSR count). The van der Waals surface area contributed by atoms with Gasteiger partial charge in [0, 0.05) is 0 Å². The molecule has 0 aliphatic rings. The highest BCUT2D eigenvalue weighted by atomic mass is 35.5. The quantitative estimate of drug-likeness (QED) is 0.758. The van der Waals surface area contributed by atoms with Crippen molar-refractivity contribution in [1.82, 2.24) is 4.98 Å². The molecule has 0 bridgehead atoms. The number of rotatable bonds is 0. The summed E-state index contributed by atoms with van der Waals surface area (Å²) in [5, 5.41) is 0.938. The van der Waals surface area contributed by atoms with Crippen LogP contribution in [0.1, 0.15) is 11.1 Å². The molecule has 0 saturated heterocycles. The molecule has 0 amide bonds. The molecule has 0 fully saturated rings. The van der Waals surface area contributed by atoms with Crippen molar-refractivity contribution in [2.75, 3.05) is 0 Å². The predicted molar refractivity (Wildman–Crippen MR) is 56.3 cm³/mol. The number of aromatic nitrogens is 1. The Bertz CT molecular complexity index is 520. The smallest absolute Gasteiger partial charge is 0.406 e. The second-order valence-corrected chi connectivity index (χ2v) is 3.85. The lowest BCUT2D eigenvalue weighted by Gasteiger charge is -2.04. The van der Waals surface area contributed by atoms with Crippen LogP contribution in [0.25, 0.3) is 11.1 Å². The number of benzene rings is 1. The molecular weight excluding hydrogens is 225 g/mol. The maximum atomic E-state index is 11.0. The summed E-state index contributed by atoms with van der Waals surface area (Å²) in [7, 11) is 0. The van der Waals surface area contributed by atoms with Gasteiger partial charge in [-0.1, -0.05) is 23.2 Å². The Morgan fingerprint density at radius 1 is 1.14 bits per heavy atom. The highest BCUT2D eigenvalue weighted by Gasteiger charge is 2.15. The molecule has 1 N–H and O–H groups in total. The summed E-state index contributed by atoms with van der Waals surface area (Å²) in [6.45, 7) is 3.59. The monoisotopic (exact) mass is 231 g/mol. The molecular formula is C9H7Cl2NO2. The predicted octanol–water partition coefficient (Wildman–Crippen LogP) is 3.04. The first-order valence-electron chi connectivity index (χ1n) is 3.99. The molecule has 3 nitrogen and oxygen atoms in total. The van der Waals surface area contributed by atoms with Crippen LogP contribution in [0.15, 0.2) is 9.21 Å². The lowest BCUT2D eigenvalue weighted by Crippen LogP contribution is -1.93. The number of aromatic amines is 1. The lowest BCUT2D eigenvalue weighted by atomic mass is 10.1. The van der Waals surface area contributed by atoms with Crippen LogP contribution >= 0.6 is 23.2 Å². The first-order chi connectivity index (χ1) is 6.52. The second-order valence-electron chi connectivity index (χ2n) is 3.10. The Morgan fingerprint density at radius 2 is 1.79 bits per heavy atom. The van der Waals surface area contributed by atoms with Crippen LogP contribution in [-0.4, -0.2) is 4.98 Å². The summed E-state index contributed by atoms with van der Waals surface area (Å²) in [6, 6.07) is 0. The van der Waals surface area contributed by atoms with E-state index in [4.69, 9.17) is 27.6 Å². The van der Waals surface area contributed by atoms with Crippen LogP contribution in [0.4, 0.5) is 0 Å². The van der Waals surface area contributed by atoms with E-state index in [0.29, 0.717) is 21.1 Å². The van der Waals surface area contributed by atoms with Crippen LogP contribution < -0.4 is 5.76 Å². The van der Waals surface area contributed by atoms with Crippen molar-refractivity contribution in [1.29, 1.82) is 0 Å². The zero-order valence-corrected chi connectivity index (χ0v) is 9.08. The lowest BCUT2D eigenvalue weighted by molar-refractivity contribution is 0.555. The van der Waals surface area contributed by atoms with Crippen LogP contribution in [0.3, 0.4) is 0 Å². The minimum Gasteiger partial charge on any atom is -0.406 e. The van der Waals surface area contributed by atoms with Gasteiger partial charge in [0.1, 0.15) is 0 Å². The second kappa shape index (κ2) is 3.04. The summed E-state index contributed by atoms with van der Waals surface area (Å²) in [5.74, 6) is -0.522. The van der Waals surface area contributed by atoms with Gasteiger partial charge in [0.15, 0.2) is 5.58 Å². The normalized spacial score (nSPS) is 11.1. The van der Waals surface area contributed by atoms with E-state index < -0.39 is 5.76 Å². The van der Waals surface area contributed by atoms with E-state index in [1.54, 1.807) is 13.8 Å². The van der Waals surface area contributed by atoms with Gasteiger partial charge in [-0.25, -0.2) is 4.79 Å². The maximum Gasteiger partial charge on any atom is 0.417 e. The molecule has 1 aromatic carbocycles. The molecule has 0 atom stereocenters. The fourth-order valence-corrected chi connectivity index (χ4v) is 1.87. The molecule has 0 saturated carbocycles. The average molecular weight is 232 g/mol. The first-order valence-corrected chi connectivity index (χ1v) is 4.75. The van der Waals surface area contributed by atoms with Crippen LogP contribution in [-0.2, 0) is 0 Å². The van der Waals surface area contributed by atoms with Crippen molar-refractivity contribution >= 4 is 34.3 Å². The molecule has 2 aromatic rings. The van der Waals surface area contributed by atoms with Gasteiger partial charge in [-0.3, -0.25) is 4.98 Å². The number of H-pyrrole nitrogens is 1. The molecule has 74 valence electrons. The van der Waals surface area contributed by atoms with Crippen molar-refractivity contribution < 1.29 is 4.42 Å². The number of oxazole rings is 1. The van der Waals surface area contributed by atoms with Crippen molar-refractivity contribution in [3.8, 4) is 0 Å². The number of hydrogen-bond donors (Lipinski definition) is 1. The Morgan fingerprint density at radius 3 is 2.43 bits per heavy atom. The molecule has 0 aliphatic heterocycles. The number of fused-ring (bicyclic) bond motifs is 1. The number of hydrogen-bond acceptors (Lipinski definition) is 2. The summed E-state index contributed by atoms with van der Waals surface area (Å²) in [6.07, 6.45) is 0. The maximum absolute atomic E-state index is 11.0. The zero-order chi connectivity index (χ0) is 10.5. The Balaban J connectivity index is 3.08. The van der Waals surface area contributed by atoms with Gasteiger partial charge in [0.2, 0.25) is 0 Å². The third kappa shape index (κ3) is 1.16. The highest BCUT2D eigenvalue weighted by molar-refractivity contribution is 6.39. The van der Waals surface area contributed by atoms with E-state index in [9.17, 15) is 4.79 Å². The van der Waals surface area contributed by atoms with Gasteiger partial charge >= 0.3 is 5.76 Å². The molecule has 0 unspecified atom stereocenters. The molecule has 0 radical (unpaired) electrons. The minimum atomic E-state index is -0.522. The summed E-state index contributed by atoms with van der Waals surface area (Å²) >= 11 is 12.0.